The summed E-state index contributed by atoms with van der Waals surface area (Å²) in [6, 6.07) is 0.352. The highest BCUT2D eigenvalue weighted by molar-refractivity contribution is 8.00. The van der Waals surface area contributed by atoms with Gasteiger partial charge in [-0.05, 0) is 32.1 Å². The van der Waals surface area contributed by atoms with Crippen molar-refractivity contribution in [2.24, 2.45) is 0 Å². The van der Waals surface area contributed by atoms with Crippen LogP contribution in [0.2, 0.25) is 0 Å². The average Bonchev–Trinajstić information content (AvgIpc) is 2.98. The van der Waals surface area contributed by atoms with Gasteiger partial charge < -0.3 is 21.1 Å². The van der Waals surface area contributed by atoms with E-state index in [0.717, 1.165) is 31.4 Å². The Kier molecular flexibility index (Phi) is 4.70. The number of carbonyl (C=O) groups excluding carboxylic acids is 2. The van der Waals surface area contributed by atoms with E-state index in [4.69, 9.17) is 0 Å². The summed E-state index contributed by atoms with van der Waals surface area (Å²) < 4.78 is 0. The molecule has 8 heteroatoms. The molecular weight excluding hydrogens is 318 g/mol. The van der Waals surface area contributed by atoms with Gasteiger partial charge in [0.05, 0.1) is 12.1 Å². The van der Waals surface area contributed by atoms with Crippen molar-refractivity contribution in [3.05, 3.63) is 0 Å². The van der Waals surface area contributed by atoms with Crippen LogP contribution in [0.25, 0.3) is 0 Å². The minimum Gasteiger partial charge on any atom is -0.480 e. The Morgan fingerprint density at radius 1 is 1.30 bits per heavy atom. The molecule has 2 heterocycles. The van der Waals surface area contributed by atoms with Crippen LogP contribution in [0, 0.1) is 0 Å². The SMILES string of the molecule is O=C(CCCC[C@@H]1SC[C@@H]2NC(=O)N[C@@H]21)NC1(C(=O)O)CCC1. The van der Waals surface area contributed by atoms with Crippen LogP contribution in [0.3, 0.4) is 0 Å². The zero-order valence-corrected chi connectivity index (χ0v) is 13.8. The van der Waals surface area contributed by atoms with E-state index in [9.17, 15) is 19.5 Å². The zero-order valence-electron chi connectivity index (χ0n) is 13.0. The van der Waals surface area contributed by atoms with Crippen molar-refractivity contribution >= 4 is 29.7 Å². The van der Waals surface area contributed by atoms with E-state index in [2.05, 4.69) is 16.0 Å². The van der Waals surface area contributed by atoms with Crippen LogP contribution in [0.1, 0.15) is 44.9 Å². The molecule has 0 unspecified atom stereocenters. The summed E-state index contributed by atoms with van der Waals surface area (Å²) >= 11 is 1.87. The third kappa shape index (κ3) is 3.41. The lowest BCUT2D eigenvalue weighted by Gasteiger charge is -2.38. The van der Waals surface area contributed by atoms with E-state index in [1.165, 1.54) is 0 Å². The minimum atomic E-state index is -1.01. The minimum absolute atomic E-state index is 0.0795. The fourth-order valence-electron chi connectivity index (χ4n) is 3.53. The van der Waals surface area contributed by atoms with Gasteiger partial charge in [-0.3, -0.25) is 4.79 Å². The number of thioether (sulfide) groups is 1. The Balaban J connectivity index is 1.35. The molecule has 128 valence electrons. The third-order valence-electron chi connectivity index (χ3n) is 5.08. The molecule has 3 fully saturated rings. The van der Waals surface area contributed by atoms with Gasteiger partial charge in [0.2, 0.25) is 5.91 Å². The Labute approximate surface area is 139 Å². The Morgan fingerprint density at radius 3 is 2.74 bits per heavy atom. The van der Waals surface area contributed by atoms with Crippen LogP contribution in [0.15, 0.2) is 0 Å². The first kappa shape index (κ1) is 16.4. The van der Waals surface area contributed by atoms with Gasteiger partial charge in [0.1, 0.15) is 5.54 Å². The van der Waals surface area contributed by atoms with Gasteiger partial charge in [0.25, 0.3) is 0 Å². The summed E-state index contributed by atoms with van der Waals surface area (Å²) in [6.07, 6.45) is 4.90. The lowest BCUT2D eigenvalue weighted by atomic mass is 9.76. The molecule has 3 amide bonds. The molecule has 2 aliphatic heterocycles. The number of urea groups is 1. The van der Waals surface area contributed by atoms with Gasteiger partial charge >= 0.3 is 12.0 Å². The highest BCUT2D eigenvalue weighted by atomic mass is 32.2. The predicted octanol–water partition coefficient (Wildman–Crippen LogP) is 0.836. The molecule has 3 atom stereocenters. The molecule has 3 aliphatic rings. The van der Waals surface area contributed by atoms with Crippen LogP contribution >= 0.6 is 11.8 Å². The standard InChI is InChI=1S/C15H23N3O4S/c19-11(18-15(13(20)21)6-3-7-15)5-2-1-4-10-12-9(8-23-10)16-14(22)17-12/h9-10,12H,1-8H2,(H,18,19)(H,20,21)(H2,16,17,22)/t9-,10-,12-/m0/s1. The summed E-state index contributed by atoms with van der Waals surface area (Å²) in [5.74, 6) is -0.148. The molecule has 1 saturated carbocycles. The molecule has 0 aromatic rings. The summed E-state index contributed by atoms with van der Waals surface area (Å²) in [5.41, 5.74) is -1.01. The number of amides is 3. The van der Waals surface area contributed by atoms with Crippen molar-refractivity contribution in [1.29, 1.82) is 0 Å². The normalized spacial score (nSPS) is 30.8. The van der Waals surface area contributed by atoms with Crippen LogP contribution in [0.4, 0.5) is 4.79 Å². The van der Waals surface area contributed by atoms with Crippen molar-refractivity contribution < 1.29 is 19.5 Å². The fourth-order valence-corrected chi connectivity index (χ4v) is 5.07. The first-order valence-corrected chi connectivity index (χ1v) is 9.28. The van der Waals surface area contributed by atoms with E-state index in [1.54, 1.807) is 0 Å². The summed E-state index contributed by atoms with van der Waals surface area (Å²) in [5, 5.41) is 18.2. The van der Waals surface area contributed by atoms with Crippen molar-refractivity contribution in [2.45, 2.75) is 67.8 Å². The molecule has 0 aromatic heterocycles. The van der Waals surface area contributed by atoms with E-state index >= 15 is 0 Å². The van der Waals surface area contributed by atoms with Gasteiger partial charge in [0, 0.05) is 17.4 Å². The molecule has 0 bridgehead atoms. The molecule has 0 spiro atoms. The Morgan fingerprint density at radius 2 is 2.09 bits per heavy atom. The Hall–Kier alpha value is -1.44. The van der Waals surface area contributed by atoms with Crippen molar-refractivity contribution in [3.8, 4) is 0 Å². The van der Waals surface area contributed by atoms with E-state index in [-0.39, 0.29) is 24.0 Å². The third-order valence-corrected chi connectivity index (χ3v) is 6.58. The number of hydrogen-bond donors (Lipinski definition) is 4. The molecule has 0 radical (unpaired) electrons. The first-order chi connectivity index (χ1) is 11.0. The molecule has 0 aromatic carbocycles. The number of unbranched alkanes of at least 4 members (excludes halogenated alkanes) is 1. The second kappa shape index (κ2) is 6.59. The number of hydrogen-bond acceptors (Lipinski definition) is 4. The van der Waals surface area contributed by atoms with Gasteiger partial charge in [0.15, 0.2) is 0 Å². The van der Waals surface area contributed by atoms with E-state index in [0.29, 0.717) is 24.5 Å². The maximum absolute atomic E-state index is 11.9. The number of fused-ring (bicyclic) bond motifs is 1. The zero-order chi connectivity index (χ0) is 16.4. The summed E-state index contributed by atoms with van der Waals surface area (Å²) in [7, 11) is 0. The second-order valence-corrected chi connectivity index (χ2v) is 7.93. The van der Waals surface area contributed by atoms with Crippen LogP contribution < -0.4 is 16.0 Å². The van der Waals surface area contributed by atoms with Crippen molar-refractivity contribution in [2.75, 3.05) is 5.75 Å². The highest BCUT2D eigenvalue weighted by Crippen LogP contribution is 2.34. The summed E-state index contributed by atoms with van der Waals surface area (Å²) in [6.45, 7) is 0. The van der Waals surface area contributed by atoms with Crippen LogP contribution in [-0.4, -0.2) is 51.6 Å². The smallest absolute Gasteiger partial charge is 0.329 e. The topological polar surface area (TPSA) is 108 Å². The molecule has 1 aliphatic carbocycles. The van der Waals surface area contributed by atoms with Crippen molar-refractivity contribution in [3.63, 3.8) is 0 Å². The fraction of sp³-hybridized carbons (Fsp3) is 0.800. The number of carboxylic acid groups (broad SMARTS) is 1. The first-order valence-electron chi connectivity index (χ1n) is 8.23. The lowest BCUT2D eigenvalue weighted by molar-refractivity contribution is -0.151. The molecule has 4 N–H and O–H groups in total. The monoisotopic (exact) mass is 341 g/mol. The molecule has 3 rings (SSSR count). The number of rotatable bonds is 7. The van der Waals surface area contributed by atoms with Gasteiger partial charge in [-0.2, -0.15) is 11.8 Å². The number of carboxylic acids is 1. The van der Waals surface area contributed by atoms with Crippen molar-refractivity contribution in [1.82, 2.24) is 16.0 Å². The number of nitrogens with one attached hydrogen (secondary N) is 3. The largest absolute Gasteiger partial charge is 0.480 e. The maximum atomic E-state index is 11.9. The molecule has 2 saturated heterocycles. The second-order valence-electron chi connectivity index (χ2n) is 6.66. The molecular formula is C15H23N3O4S. The van der Waals surface area contributed by atoms with Gasteiger partial charge in [-0.1, -0.05) is 6.42 Å². The van der Waals surface area contributed by atoms with E-state index < -0.39 is 11.5 Å². The summed E-state index contributed by atoms with van der Waals surface area (Å²) in [4.78, 5) is 34.5. The number of aliphatic carboxylic acids is 1. The number of carbonyl (C=O) groups is 3. The molecule has 23 heavy (non-hydrogen) atoms. The van der Waals surface area contributed by atoms with Gasteiger partial charge in [-0.15, -0.1) is 0 Å². The average molecular weight is 341 g/mol. The molecule has 7 nitrogen and oxygen atoms in total. The predicted molar refractivity (Wildman–Crippen MR) is 86.3 cm³/mol. The Bertz CT molecular complexity index is 509. The quantitative estimate of drug-likeness (QED) is 0.405. The lowest BCUT2D eigenvalue weighted by Crippen LogP contribution is -2.59. The highest BCUT2D eigenvalue weighted by Gasteiger charge is 2.45. The maximum Gasteiger partial charge on any atom is 0.329 e. The van der Waals surface area contributed by atoms with E-state index in [1.807, 2.05) is 11.8 Å². The van der Waals surface area contributed by atoms with Crippen LogP contribution in [-0.2, 0) is 9.59 Å². The van der Waals surface area contributed by atoms with Crippen LogP contribution in [0.5, 0.6) is 0 Å². The van der Waals surface area contributed by atoms with Gasteiger partial charge in [-0.25, -0.2) is 9.59 Å².